The maximum Gasteiger partial charge on any atom is 0.243 e. The zero-order valence-corrected chi connectivity index (χ0v) is 16.9. The Kier molecular flexibility index (Phi) is 10.7. The second-order valence-corrected chi connectivity index (χ2v) is 7.23. The summed E-state index contributed by atoms with van der Waals surface area (Å²) < 4.78 is 0. The van der Waals surface area contributed by atoms with E-state index in [0.29, 0.717) is 12.8 Å². The molecule has 0 aliphatic heterocycles. The van der Waals surface area contributed by atoms with Crippen molar-refractivity contribution in [3.8, 4) is 5.75 Å². The van der Waals surface area contributed by atoms with Gasteiger partial charge < -0.3 is 21.5 Å². The van der Waals surface area contributed by atoms with Gasteiger partial charge >= 0.3 is 0 Å². The first-order valence-electron chi connectivity index (χ1n) is 9.97. The molecule has 2 atom stereocenters. The van der Waals surface area contributed by atoms with Gasteiger partial charge in [0.15, 0.2) is 0 Å². The normalized spacial score (nSPS) is 12.8. The minimum Gasteiger partial charge on any atom is -0.508 e. The number of hydrogen-bond acceptors (Lipinski definition) is 4. The van der Waals surface area contributed by atoms with Crippen molar-refractivity contribution in [1.82, 2.24) is 10.6 Å². The number of benzene rings is 1. The van der Waals surface area contributed by atoms with E-state index in [9.17, 15) is 19.5 Å². The van der Waals surface area contributed by atoms with Crippen LogP contribution in [0.2, 0.25) is 0 Å². The van der Waals surface area contributed by atoms with Crippen LogP contribution in [0.15, 0.2) is 24.3 Å². The highest BCUT2D eigenvalue weighted by Crippen LogP contribution is 2.11. The van der Waals surface area contributed by atoms with Crippen LogP contribution < -0.4 is 16.4 Å². The summed E-state index contributed by atoms with van der Waals surface area (Å²) in [6, 6.07) is 5.54. The fraction of sp³-hybridized carbons (Fsp3) is 0.571. The van der Waals surface area contributed by atoms with Crippen LogP contribution in [0.3, 0.4) is 0 Å². The van der Waals surface area contributed by atoms with Gasteiger partial charge in [-0.1, -0.05) is 44.7 Å². The number of hydrogen-bond donors (Lipinski definition) is 4. The highest BCUT2D eigenvalue weighted by Gasteiger charge is 2.24. The second-order valence-electron chi connectivity index (χ2n) is 7.23. The summed E-state index contributed by atoms with van der Waals surface area (Å²) in [5, 5.41) is 14.8. The number of rotatable bonds is 13. The van der Waals surface area contributed by atoms with Gasteiger partial charge in [0, 0.05) is 12.5 Å². The number of aromatic hydroxyl groups is 1. The van der Waals surface area contributed by atoms with Gasteiger partial charge in [-0.05, 0) is 37.5 Å². The van der Waals surface area contributed by atoms with Crippen molar-refractivity contribution >= 4 is 17.7 Å². The molecule has 7 nitrogen and oxygen atoms in total. The van der Waals surface area contributed by atoms with Gasteiger partial charge in [0.25, 0.3) is 0 Å². The third-order valence-electron chi connectivity index (χ3n) is 4.43. The Balaban J connectivity index is 2.52. The second kappa shape index (κ2) is 12.8. The summed E-state index contributed by atoms with van der Waals surface area (Å²) in [6.45, 7) is 3.96. The van der Waals surface area contributed by atoms with Crippen LogP contribution in [0.1, 0.15) is 64.4 Å². The number of carbonyl (C=O) groups excluding carboxylic acids is 3. The Morgan fingerprint density at radius 2 is 1.68 bits per heavy atom. The van der Waals surface area contributed by atoms with Crippen molar-refractivity contribution in [1.29, 1.82) is 0 Å². The molecule has 0 bridgehead atoms. The molecule has 0 aliphatic carbocycles. The van der Waals surface area contributed by atoms with E-state index in [0.717, 1.165) is 37.7 Å². The Morgan fingerprint density at radius 3 is 2.29 bits per heavy atom. The van der Waals surface area contributed by atoms with Crippen molar-refractivity contribution in [2.24, 2.45) is 5.73 Å². The highest BCUT2D eigenvalue weighted by atomic mass is 16.3. The number of unbranched alkanes of at least 4 members (excludes halogenated alkanes) is 4. The predicted octanol–water partition coefficient (Wildman–Crippen LogP) is 2.16. The summed E-state index contributed by atoms with van der Waals surface area (Å²) in [4.78, 5) is 35.9. The van der Waals surface area contributed by atoms with Gasteiger partial charge in [-0.3, -0.25) is 14.4 Å². The molecule has 0 radical (unpaired) electrons. The van der Waals surface area contributed by atoms with E-state index >= 15 is 0 Å². The first-order chi connectivity index (χ1) is 13.3. The molecule has 0 saturated carbocycles. The molecule has 3 amide bonds. The van der Waals surface area contributed by atoms with Crippen molar-refractivity contribution in [3.05, 3.63) is 29.8 Å². The molecule has 0 aromatic heterocycles. The first kappa shape index (κ1) is 23.5. The van der Waals surface area contributed by atoms with E-state index < -0.39 is 17.9 Å². The molecule has 1 aromatic rings. The first-order valence-corrected chi connectivity index (χ1v) is 9.97. The third kappa shape index (κ3) is 9.94. The molecule has 0 spiro atoms. The van der Waals surface area contributed by atoms with Gasteiger partial charge in [0.1, 0.15) is 11.8 Å². The van der Waals surface area contributed by atoms with Crippen LogP contribution in [0.5, 0.6) is 5.75 Å². The van der Waals surface area contributed by atoms with Gasteiger partial charge in [0.2, 0.25) is 17.7 Å². The number of carbonyl (C=O) groups is 3. The Hall–Kier alpha value is -2.57. The number of primary amides is 1. The molecule has 1 aromatic carbocycles. The molecule has 156 valence electrons. The minimum atomic E-state index is -0.970. The summed E-state index contributed by atoms with van der Waals surface area (Å²) in [7, 11) is 0. The van der Waals surface area contributed by atoms with Crippen LogP contribution in [-0.4, -0.2) is 34.9 Å². The molecular weight excluding hydrogens is 358 g/mol. The van der Waals surface area contributed by atoms with Crippen LogP contribution in [0, 0.1) is 0 Å². The van der Waals surface area contributed by atoms with E-state index in [2.05, 4.69) is 17.6 Å². The van der Waals surface area contributed by atoms with E-state index in [1.807, 2.05) is 6.92 Å². The number of amides is 3. The predicted molar refractivity (Wildman–Crippen MR) is 109 cm³/mol. The van der Waals surface area contributed by atoms with Gasteiger partial charge in [-0.25, -0.2) is 0 Å². The quantitative estimate of drug-likeness (QED) is 0.385. The van der Waals surface area contributed by atoms with E-state index in [4.69, 9.17) is 5.73 Å². The maximum absolute atomic E-state index is 12.5. The Bertz CT molecular complexity index is 631. The lowest BCUT2D eigenvalue weighted by Crippen LogP contribution is -2.50. The zero-order chi connectivity index (χ0) is 20.9. The van der Waals surface area contributed by atoms with E-state index in [-0.39, 0.29) is 24.1 Å². The summed E-state index contributed by atoms with van der Waals surface area (Å²) in [6.07, 6.45) is 5.74. The molecule has 0 saturated heterocycles. The van der Waals surface area contributed by atoms with Crippen molar-refractivity contribution in [2.45, 2.75) is 77.3 Å². The molecule has 1 rings (SSSR count). The molecule has 28 heavy (non-hydrogen) atoms. The lowest BCUT2D eigenvalue weighted by molar-refractivity contribution is -0.131. The summed E-state index contributed by atoms with van der Waals surface area (Å²) in [5.41, 5.74) is 6.19. The standard InChI is InChI=1S/C21H33N3O4/c1-3-4-5-6-7-8-20(27)24-18(14-19(22)26)21(28)23-15(2)13-16-9-11-17(25)12-10-16/h9-12,15,18,25H,3-8,13-14H2,1-2H3,(H2,22,26)(H,23,28)(H,24,27)/t15-,18-/m1/s1. The van der Waals surface area contributed by atoms with Gasteiger partial charge in [-0.15, -0.1) is 0 Å². The molecule has 5 N–H and O–H groups in total. The summed E-state index contributed by atoms with van der Waals surface area (Å²) in [5.74, 6) is -1.14. The summed E-state index contributed by atoms with van der Waals surface area (Å²) >= 11 is 0. The molecule has 0 heterocycles. The average Bonchev–Trinajstić information content (AvgIpc) is 2.62. The van der Waals surface area contributed by atoms with E-state index in [1.165, 1.54) is 0 Å². The molecule has 7 heteroatoms. The Labute approximate surface area is 167 Å². The van der Waals surface area contributed by atoms with E-state index in [1.54, 1.807) is 24.3 Å². The SMILES string of the molecule is CCCCCCCC(=O)N[C@H](CC(N)=O)C(=O)N[C@H](C)Cc1ccc(O)cc1. The molecule has 0 aliphatic rings. The van der Waals surface area contributed by atoms with Crippen LogP contribution in [0.25, 0.3) is 0 Å². The lowest BCUT2D eigenvalue weighted by atomic mass is 10.1. The maximum atomic E-state index is 12.5. The molecule has 0 fully saturated rings. The number of nitrogens with one attached hydrogen (secondary N) is 2. The molecular formula is C21H33N3O4. The Morgan fingerprint density at radius 1 is 1.04 bits per heavy atom. The number of phenols is 1. The largest absolute Gasteiger partial charge is 0.508 e. The fourth-order valence-corrected chi connectivity index (χ4v) is 2.95. The average molecular weight is 392 g/mol. The molecule has 0 unspecified atom stereocenters. The van der Waals surface area contributed by atoms with Crippen molar-refractivity contribution < 1.29 is 19.5 Å². The van der Waals surface area contributed by atoms with Crippen molar-refractivity contribution in [2.75, 3.05) is 0 Å². The van der Waals surface area contributed by atoms with Gasteiger partial charge in [0.05, 0.1) is 6.42 Å². The topological polar surface area (TPSA) is 122 Å². The number of nitrogens with two attached hydrogens (primary N) is 1. The monoisotopic (exact) mass is 391 g/mol. The fourth-order valence-electron chi connectivity index (χ4n) is 2.95. The third-order valence-corrected chi connectivity index (χ3v) is 4.43. The van der Waals surface area contributed by atoms with Crippen LogP contribution >= 0.6 is 0 Å². The van der Waals surface area contributed by atoms with Crippen LogP contribution in [-0.2, 0) is 20.8 Å². The van der Waals surface area contributed by atoms with Gasteiger partial charge in [-0.2, -0.15) is 0 Å². The zero-order valence-electron chi connectivity index (χ0n) is 16.9. The minimum absolute atomic E-state index is 0.180. The highest BCUT2D eigenvalue weighted by molar-refractivity contribution is 5.91. The lowest BCUT2D eigenvalue weighted by Gasteiger charge is -2.21. The van der Waals surface area contributed by atoms with Crippen molar-refractivity contribution in [3.63, 3.8) is 0 Å². The van der Waals surface area contributed by atoms with Crippen LogP contribution in [0.4, 0.5) is 0 Å². The number of phenolic OH excluding ortho intramolecular Hbond substituents is 1. The smallest absolute Gasteiger partial charge is 0.243 e.